The van der Waals surface area contributed by atoms with Crippen molar-refractivity contribution in [2.24, 2.45) is 0 Å². The molecule has 0 fully saturated rings. The van der Waals surface area contributed by atoms with Gasteiger partial charge in [-0.3, -0.25) is 0 Å². The number of hydrogen-bond acceptors (Lipinski definition) is 2. The van der Waals surface area contributed by atoms with Gasteiger partial charge in [-0.2, -0.15) is 0 Å². The van der Waals surface area contributed by atoms with Crippen LogP contribution in [0.5, 0.6) is 0 Å². The molecule has 0 aromatic carbocycles. The Kier molecular flexibility index (Phi) is 2.98. The molecule has 9 heavy (non-hydrogen) atoms. The Labute approximate surface area is 61.1 Å². The summed E-state index contributed by atoms with van der Waals surface area (Å²) in [7, 11) is 0. The Bertz CT molecular complexity index is 101. The standard InChI is InChI=1S/C7H12NS/c1-2-3-4-8-5-6-9-7-8/h5-7H,2-4H2,1H3. The van der Waals surface area contributed by atoms with Crippen LogP contribution in [-0.4, -0.2) is 11.4 Å². The van der Waals surface area contributed by atoms with Gasteiger partial charge in [0, 0.05) is 12.7 Å². The highest BCUT2D eigenvalue weighted by Gasteiger charge is 2.02. The van der Waals surface area contributed by atoms with Crippen molar-refractivity contribution in [3.8, 4) is 0 Å². The summed E-state index contributed by atoms with van der Waals surface area (Å²) in [6.45, 7) is 3.40. The van der Waals surface area contributed by atoms with E-state index >= 15 is 0 Å². The van der Waals surface area contributed by atoms with E-state index in [2.05, 4.69) is 29.3 Å². The fourth-order valence-corrected chi connectivity index (χ4v) is 1.36. The molecule has 1 nitrogen and oxygen atoms in total. The second kappa shape index (κ2) is 3.83. The third-order valence-electron chi connectivity index (χ3n) is 1.30. The molecule has 1 aliphatic heterocycles. The fraction of sp³-hybridized carbons (Fsp3) is 0.571. The highest BCUT2D eigenvalue weighted by molar-refractivity contribution is 8.04. The average Bonchev–Trinajstić information content (AvgIpc) is 2.34. The van der Waals surface area contributed by atoms with Gasteiger partial charge >= 0.3 is 0 Å². The summed E-state index contributed by atoms with van der Waals surface area (Å²) in [6, 6.07) is 0. The van der Waals surface area contributed by atoms with Gasteiger partial charge in [0.05, 0.1) is 0 Å². The van der Waals surface area contributed by atoms with E-state index in [1.807, 2.05) is 0 Å². The van der Waals surface area contributed by atoms with Gasteiger partial charge in [-0.05, 0) is 11.8 Å². The van der Waals surface area contributed by atoms with Crippen LogP contribution in [0.2, 0.25) is 0 Å². The lowest BCUT2D eigenvalue weighted by Gasteiger charge is -2.11. The molecule has 0 N–H and O–H groups in total. The molecule has 51 valence electrons. The maximum Gasteiger partial charge on any atom is 0.109 e. The molecule has 0 saturated heterocycles. The second-order valence-corrected chi connectivity index (χ2v) is 2.87. The molecule has 0 amide bonds. The highest BCUT2D eigenvalue weighted by atomic mass is 32.2. The zero-order valence-corrected chi connectivity index (χ0v) is 6.53. The maximum absolute atomic E-state index is 2.23. The van der Waals surface area contributed by atoms with Crippen molar-refractivity contribution in [2.45, 2.75) is 19.8 Å². The molecule has 0 atom stereocenters. The number of hydrogen-bond donors (Lipinski definition) is 0. The molecule has 1 radical (unpaired) electrons. The lowest BCUT2D eigenvalue weighted by Crippen LogP contribution is -2.09. The van der Waals surface area contributed by atoms with Gasteiger partial charge in [-0.15, -0.1) is 11.8 Å². The third-order valence-corrected chi connectivity index (χ3v) is 1.97. The number of thioether (sulfide) groups is 1. The minimum Gasteiger partial charge on any atom is -0.362 e. The van der Waals surface area contributed by atoms with E-state index in [0.717, 1.165) is 0 Å². The topological polar surface area (TPSA) is 3.24 Å². The predicted molar refractivity (Wildman–Crippen MR) is 42.6 cm³/mol. The Morgan fingerprint density at radius 3 is 3.00 bits per heavy atom. The molecule has 2 heteroatoms. The molecule has 0 saturated carbocycles. The number of unbranched alkanes of at least 4 members (excludes halogenated alkanes) is 1. The summed E-state index contributed by atoms with van der Waals surface area (Å²) in [5, 5.41) is 2.11. The SMILES string of the molecule is CCCCN1[CH]SC=C1. The van der Waals surface area contributed by atoms with Gasteiger partial charge in [0.15, 0.2) is 0 Å². The number of rotatable bonds is 3. The molecule has 0 aromatic heterocycles. The summed E-state index contributed by atoms with van der Waals surface area (Å²) < 4.78 is 0. The van der Waals surface area contributed by atoms with Crippen molar-refractivity contribution in [1.29, 1.82) is 0 Å². The van der Waals surface area contributed by atoms with Crippen LogP contribution < -0.4 is 0 Å². The van der Waals surface area contributed by atoms with Crippen LogP contribution in [0.3, 0.4) is 0 Å². The van der Waals surface area contributed by atoms with E-state index in [-0.39, 0.29) is 0 Å². The van der Waals surface area contributed by atoms with E-state index in [9.17, 15) is 0 Å². The Morgan fingerprint density at radius 1 is 1.56 bits per heavy atom. The third kappa shape index (κ3) is 2.31. The zero-order valence-electron chi connectivity index (χ0n) is 5.71. The van der Waals surface area contributed by atoms with Gasteiger partial charge < -0.3 is 4.90 Å². The van der Waals surface area contributed by atoms with E-state index in [1.54, 1.807) is 11.8 Å². The van der Waals surface area contributed by atoms with Crippen LogP contribution in [-0.2, 0) is 0 Å². The minimum atomic E-state index is 1.18. The molecule has 1 aliphatic rings. The maximum atomic E-state index is 2.23. The molecule has 0 unspecified atom stereocenters. The van der Waals surface area contributed by atoms with Crippen molar-refractivity contribution in [3.05, 3.63) is 17.5 Å². The van der Waals surface area contributed by atoms with Crippen LogP contribution in [0, 0.1) is 5.88 Å². The largest absolute Gasteiger partial charge is 0.362 e. The molecular weight excluding hydrogens is 130 g/mol. The Morgan fingerprint density at radius 2 is 2.44 bits per heavy atom. The van der Waals surface area contributed by atoms with Crippen LogP contribution in [0.15, 0.2) is 11.6 Å². The Balaban J connectivity index is 2.05. The van der Waals surface area contributed by atoms with E-state index in [4.69, 9.17) is 0 Å². The van der Waals surface area contributed by atoms with Crippen molar-refractivity contribution < 1.29 is 0 Å². The predicted octanol–water partition coefficient (Wildman–Crippen LogP) is 2.43. The van der Waals surface area contributed by atoms with Gasteiger partial charge in [-0.1, -0.05) is 13.3 Å². The lowest BCUT2D eigenvalue weighted by atomic mass is 10.3. The molecule has 0 aromatic rings. The Hall–Kier alpha value is -0.110. The summed E-state index contributed by atoms with van der Waals surface area (Å²) in [5.74, 6) is 2.15. The summed E-state index contributed by atoms with van der Waals surface area (Å²) >= 11 is 1.75. The molecule has 1 rings (SSSR count). The minimum absolute atomic E-state index is 1.18. The average molecular weight is 142 g/mol. The van der Waals surface area contributed by atoms with E-state index in [0.29, 0.717) is 0 Å². The number of nitrogens with zero attached hydrogens (tertiary/aromatic N) is 1. The molecule has 1 heterocycles. The van der Waals surface area contributed by atoms with Crippen molar-refractivity contribution >= 4 is 11.8 Å². The van der Waals surface area contributed by atoms with E-state index < -0.39 is 0 Å². The first-order chi connectivity index (χ1) is 4.43. The quantitative estimate of drug-likeness (QED) is 0.595. The van der Waals surface area contributed by atoms with Gasteiger partial charge in [0.2, 0.25) is 0 Å². The first-order valence-electron chi connectivity index (χ1n) is 3.34. The summed E-state index contributed by atoms with van der Waals surface area (Å²) in [4.78, 5) is 2.23. The monoisotopic (exact) mass is 142 g/mol. The summed E-state index contributed by atoms with van der Waals surface area (Å²) in [6.07, 6.45) is 4.70. The van der Waals surface area contributed by atoms with Crippen LogP contribution in [0.4, 0.5) is 0 Å². The van der Waals surface area contributed by atoms with Gasteiger partial charge in [0.1, 0.15) is 5.88 Å². The van der Waals surface area contributed by atoms with Crippen LogP contribution >= 0.6 is 11.8 Å². The highest BCUT2D eigenvalue weighted by Crippen LogP contribution is 2.19. The fourth-order valence-electron chi connectivity index (χ4n) is 0.730. The van der Waals surface area contributed by atoms with Gasteiger partial charge in [0.25, 0.3) is 0 Å². The van der Waals surface area contributed by atoms with Crippen molar-refractivity contribution in [2.75, 3.05) is 6.54 Å². The zero-order chi connectivity index (χ0) is 6.53. The van der Waals surface area contributed by atoms with Crippen LogP contribution in [0.1, 0.15) is 19.8 Å². The first-order valence-corrected chi connectivity index (χ1v) is 4.29. The molecular formula is C7H12NS. The molecule has 0 spiro atoms. The van der Waals surface area contributed by atoms with Crippen molar-refractivity contribution in [3.63, 3.8) is 0 Å². The molecule has 0 bridgehead atoms. The normalized spacial score (nSPS) is 17.2. The lowest BCUT2D eigenvalue weighted by molar-refractivity contribution is 0.475. The first kappa shape index (κ1) is 7.00. The summed E-state index contributed by atoms with van der Waals surface area (Å²) in [5.41, 5.74) is 0. The smallest absolute Gasteiger partial charge is 0.109 e. The van der Waals surface area contributed by atoms with Crippen molar-refractivity contribution in [1.82, 2.24) is 4.90 Å². The molecule has 0 aliphatic carbocycles. The second-order valence-electron chi connectivity index (χ2n) is 2.12. The van der Waals surface area contributed by atoms with Crippen LogP contribution in [0.25, 0.3) is 0 Å². The van der Waals surface area contributed by atoms with Gasteiger partial charge in [-0.25, -0.2) is 0 Å². The van der Waals surface area contributed by atoms with E-state index in [1.165, 1.54) is 19.4 Å².